The van der Waals surface area contributed by atoms with E-state index in [4.69, 9.17) is 0 Å². The summed E-state index contributed by atoms with van der Waals surface area (Å²) in [4.78, 5) is 4.31. The van der Waals surface area contributed by atoms with Gasteiger partial charge in [-0.05, 0) is 24.6 Å². The Morgan fingerprint density at radius 2 is 1.85 bits per heavy atom. The van der Waals surface area contributed by atoms with Crippen LogP contribution in [0.15, 0.2) is 47.5 Å². The number of nitrogens with zero attached hydrogens (tertiary/aromatic N) is 2. The molecule has 1 heterocycles. The molecule has 0 aliphatic heterocycles. The standard InChI is InChI=1S/C19H12F4N2S/c1-11-14(9-24)17-13(6-4-8-16(17)20)18(25-11)26-10-12-5-2-3-7-15(12)19(21,22)23/h2-8H,10H2,1H3. The van der Waals surface area contributed by atoms with Crippen molar-refractivity contribution < 1.29 is 17.6 Å². The van der Waals surface area contributed by atoms with Gasteiger partial charge in [-0.2, -0.15) is 18.4 Å². The fourth-order valence-corrected chi connectivity index (χ4v) is 3.79. The number of thioether (sulfide) groups is 1. The van der Waals surface area contributed by atoms with Crippen LogP contribution in [0.2, 0.25) is 0 Å². The highest BCUT2D eigenvalue weighted by Crippen LogP contribution is 2.37. The van der Waals surface area contributed by atoms with Crippen LogP contribution in [-0.2, 0) is 11.9 Å². The molecule has 1 aromatic heterocycles. The Hall–Kier alpha value is -2.59. The maximum absolute atomic E-state index is 14.2. The Bertz CT molecular complexity index is 1020. The topological polar surface area (TPSA) is 36.7 Å². The van der Waals surface area contributed by atoms with Crippen LogP contribution in [0, 0.1) is 24.1 Å². The van der Waals surface area contributed by atoms with Crippen LogP contribution in [0.1, 0.15) is 22.4 Å². The van der Waals surface area contributed by atoms with E-state index in [2.05, 4.69) is 4.98 Å². The fraction of sp³-hybridized carbons (Fsp3) is 0.158. The lowest BCUT2D eigenvalue weighted by Gasteiger charge is -2.13. The number of nitriles is 1. The van der Waals surface area contributed by atoms with Crippen molar-refractivity contribution in [1.82, 2.24) is 4.98 Å². The van der Waals surface area contributed by atoms with E-state index < -0.39 is 17.6 Å². The Balaban J connectivity index is 2.05. The second-order valence-electron chi connectivity index (χ2n) is 5.60. The van der Waals surface area contributed by atoms with E-state index in [0.29, 0.717) is 16.1 Å². The number of aromatic nitrogens is 1. The van der Waals surface area contributed by atoms with Gasteiger partial charge in [0.05, 0.1) is 16.8 Å². The van der Waals surface area contributed by atoms with Crippen LogP contribution in [-0.4, -0.2) is 4.98 Å². The average molecular weight is 376 g/mol. The second-order valence-corrected chi connectivity index (χ2v) is 6.56. The third-order valence-electron chi connectivity index (χ3n) is 3.92. The van der Waals surface area contributed by atoms with Crippen molar-refractivity contribution in [2.24, 2.45) is 0 Å². The summed E-state index contributed by atoms with van der Waals surface area (Å²) in [5.74, 6) is -0.526. The third-order valence-corrected chi connectivity index (χ3v) is 4.96. The van der Waals surface area contributed by atoms with Crippen molar-refractivity contribution in [2.45, 2.75) is 23.9 Å². The molecule has 0 unspecified atom stereocenters. The quantitative estimate of drug-likeness (QED) is 0.424. The smallest absolute Gasteiger partial charge is 0.245 e. The van der Waals surface area contributed by atoms with E-state index in [-0.39, 0.29) is 22.3 Å². The van der Waals surface area contributed by atoms with Gasteiger partial charge in [0, 0.05) is 16.5 Å². The lowest BCUT2D eigenvalue weighted by atomic mass is 10.1. The number of alkyl halides is 3. The van der Waals surface area contributed by atoms with E-state index in [1.54, 1.807) is 19.1 Å². The summed E-state index contributed by atoms with van der Waals surface area (Å²) in [6, 6.07) is 11.6. The molecule has 0 fully saturated rings. The molecule has 0 amide bonds. The molecule has 0 saturated carbocycles. The van der Waals surface area contributed by atoms with Gasteiger partial charge in [-0.15, -0.1) is 11.8 Å². The maximum Gasteiger partial charge on any atom is 0.416 e. The van der Waals surface area contributed by atoms with Crippen LogP contribution in [0.25, 0.3) is 10.8 Å². The average Bonchev–Trinajstić information content (AvgIpc) is 2.60. The molecule has 0 N–H and O–H groups in total. The van der Waals surface area contributed by atoms with E-state index in [9.17, 15) is 22.8 Å². The van der Waals surface area contributed by atoms with Crippen LogP contribution in [0.4, 0.5) is 17.6 Å². The number of pyridine rings is 1. The van der Waals surface area contributed by atoms with Gasteiger partial charge in [-0.1, -0.05) is 30.3 Å². The first-order valence-corrected chi connectivity index (χ1v) is 8.58. The molecule has 0 aliphatic carbocycles. The van der Waals surface area contributed by atoms with Gasteiger partial charge in [0.1, 0.15) is 16.9 Å². The highest BCUT2D eigenvalue weighted by Gasteiger charge is 2.32. The predicted molar refractivity (Wildman–Crippen MR) is 92.2 cm³/mol. The molecule has 0 aliphatic rings. The van der Waals surface area contributed by atoms with Gasteiger partial charge < -0.3 is 0 Å². The lowest BCUT2D eigenvalue weighted by Crippen LogP contribution is -2.08. The first kappa shape index (κ1) is 18.2. The Labute approximate surface area is 151 Å². The highest BCUT2D eigenvalue weighted by atomic mass is 32.2. The van der Waals surface area contributed by atoms with Crippen LogP contribution in [0.5, 0.6) is 0 Å². The van der Waals surface area contributed by atoms with E-state index in [1.165, 1.54) is 24.3 Å². The lowest BCUT2D eigenvalue weighted by molar-refractivity contribution is -0.138. The number of aryl methyl sites for hydroxylation is 1. The number of halogens is 4. The van der Waals surface area contributed by atoms with Gasteiger partial charge in [-0.3, -0.25) is 0 Å². The van der Waals surface area contributed by atoms with Crippen molar-refractivity contribution >= 4 is 22.5 Å². The molecular formula is C19H12F4N2S. The minimum absolute atomic E-state index is 0.0274. The van der Waals surface area contributed by atoms with Gasteiger partial charge in [0.25, 0.3) is 0 Å². The SMILES string of the molecule is Cc1nc(SCc2ccccc2C(F)(F)F)c2cccc(F)c2c1C#N. The van der Waals surface area contributed by atoms with Crippen molar-refractivity contribution in [1.29, 1.82) is 5.26 Å². The molecule has 0 bridgehead atoms. The monoisotopic (exact) mass is 376 g/mol. The fourth-order valence-electron chi connectivity index (χ4n) is 2.72. The van der Waals surface area contributed by atoms with Crippen LogP contribution < -0.4 is 0 Å². The first-order chi connectivity index (χ1) is 12.3. The first-order valence-electron chi connectivity index (χ1n) is 7.59. The van der Waals surface area contributed by atoms with Crippen molar-refractivity contribution in [3.05, 3.63) is 70.7 Å². The Morgan fingerprint density at radius 1 is 1.12 bits per heavy atom. The second kappa shape index (κ2) is 6.96. The molecule has 26 heavy (non-hydrogen) atoms. The zero-order valence-corrected chi connectivity index (χ0v) is 14.4. The molecule has 132 valence electrons. The van der Waals surface area contributed by atoms with E-state index in [1.807, 2.05) is 6.07 Å². The summed E-state index contributed by atoms with van der Waals surface area (Å²) >= 11 is 1.09. The van der Waals surface area contributed by atoms with Crippen molar-refractivity contribution in [3.8, 4) is 6.07 Å². The number of fused-ring (bicyclic) bond motifs is 1. The molecule has 0 atom stereocenters. The van der Waals surface area contributed by atoms with E-state index in [0.717, 1.165) is 17.8 Å². The maximum atomic E-state index is 14.2. The van der Waals surface area contributed by atoms with Crippen molar-refractivity contribution in [3.63, 3.8) is 0 Å². The summed E-state index contributed by atoms with van der Waals surface area (Å²) in [6.07, 6.45) is -4.45. The third kappa shape index (κ3) is 3.37. The van der Waals surface area contributed by atoms with Gasteiger partial charge in [0.15, 0.2) is 0 Å². The van der Waals surface area contributed by atoms with Crippen LogP contribution in [0.3, 0.4) is 0 Å². The van der Waals surface area contributed by atoms with Crippen molar-refractivity contribution in [2.75, 3.05) is 0 Å². The highest BCUT2D eigenvalue weighted by molar-refractivity contribution is 7.98. The summed E-state index contributed by atoms with van der Waals surface area (Å²) < 4.78 is 53.6. The minimum atomic E-state index is -4.45. The molecule has 0 saturated heterocycles. The number of rotatable bonds is 3. The minimum Gasteiger partial charge on any atom is -0.245 e. The van der Waals surface area contributed by atoms with Crippen LogP contribution >= 0.6 is 11.8 Å². The molecule has 0 spiro atoms. The van der Waals surface area contributed by atoms with Gasteiger partial charge >= 0.3 is 6.18 Å². The molecule has 2 nitrogen and oxygen atoms in total. The zero-order chi connectivity index (χ0) is 18.9. The van der Waals surface area contributed by atoms with E-state index >= 15 is 0 Å². The number of benzene rings is 2. The van der Waals surface area contributed by atoms with Gasteiger partial charge in [0.2, 0.25) is 0 Å². The predicted octanol–water partition coefficient (Wildman–Crippen LogP) is 5.87. The van der Waals surface area contributed by atoms with Gasteiger partial charge in [-0.25, -0.2) is 9.37 Å². The summed E-state index contributed by atoms with van der Waals surface area (Å²) in [5, 5.41) is 10.2. The zero-order valence-electron chi connectivity index (χ0n) is 13.6. The summed E-state index contributed by atoms with van der Waals surface area (Å²) in [5.41, 5.74) is -0.0958. The molecule has 3 rings (SSSR count). The normalized spacial score (nSPS) is 11.5. The molecule has 2 aromatic carbocycles. The number of hydrogen-bond acceptors (Lipinski definition) is 3. The molecule has 3 aromatic rings. The summed E-state index contributed by atoms with van der Waals surface area (Å²) in [7, 11) is 0. The molecule has 7 heteroatoms. The molecule has 0 radical (unpaired) electrons. The Morgan fingerprint density at radius 3 is 2.54 bits per heavy atom. The molecular weight excluding hydrogens is 364 g/mol. The Kier molecular flexibility index (Phi) is 4.88. The summed E-state index contributed by atoms with van der Waals surface area (Å²) in [6.45, 7) is 1.58. The number of hydrogen-bond donors (Lipinski definition) is 0. The largest absolute Gasteiger partial charge is 0.416 e.